The van der Waals surface area contributed by atoms with Crippen LogP contribution in [0.1, 0.15) is 30.0 Å². The molecule has 2 aromatic rings. The van der Waals surface area contributed by atoms with E-state index in [9.17, 15) is 0 Å². The number of aryl methyl sites for hydroxylation is 1. The zero-order valence-corrected chi connectivity index (χ0v) is 10.5. The Hall–Kier alpha value is -1.13. The highest BCUT2D eigenvalue weighted by Gasteiger charge is 2.12. The number of nitrogens with one attached hydrogen (secondary N) is 1. The van der Waals surface area contributed by atoms with E-state index in [1.807, 2.05) is 6.20 Å². The topological polar surface area (TPSA) is 54.7 Å². The minimum Gasteiger partial charge on any atom is -0.341 e. The van der Waals surface area contributed by atoms with Crippen molar-refractivity contribution in [1.82, 2.24) is 9.97 Å². The van der Waals surface area contributed by atoms with Crippen LogP contribution in [0.2, 0.25) is 0 Å². The molecule has 0 aliphatic heterocycles. The Morgan fingerprint density at radius 1 is 1.50 bits per heavy atom. The SMILES string of the molecule is CCC(CN)c1ncc(-c2ccc(C)s2)[nH]1. The first-order valence-electron chi connectivity index (χ1n) is 5.56. The van der Waals surface area contributed by atoms with Crippen molar-refractivity contribution < 1.29 is 0 Å². The molecule has 3 N–H and O–H groups in total. The van der Waals surface area contributed by atoms with E-state index in [0.29, 0.717) is 12.5 Å². The molecule has 2 heterocycles. The van der Waals surface area contributed by atoms with E-state index in [4.69, 9.17) is 5.73 Å². The van der Waals surface area contributed by atoms with Crippen molar-refractivity contribution in [3.63, 3.8) is 0 Å². The summed E-state index contributed by atoms with van der Waals surface area (Å²) in [6.45, 7) is 4.89. The molecule has 2 aromatic heterocycles. The molecule has 0 aliphatic rings. The second-order valence-corrected chi connectivity index (χ2v) is 5.22. The monoisotopic (exact) mass is 235 g/mol. The van der Waals surface area contributed by atoms with Gasteiger partial charge in [-0.25, -0.2) is 4.98 Å². The van der Waals surface area contributed by atoms with Gasteiger partial charge in [0.25, 0.3) is 0 Å². The minimum atomic E-state index is 0.342. The molecule has 0 aromatic carbocycles. The van der Waals surface area contributed by atoms with E-state index in [2.05, 4.69) is 35.9 Å². The highest BCUT2D eigenvalue weighted by atomic mass is 32.1. The van der Waals surface area contributed by atoms with Gasteiger partial charge in [-0.15, -0.1) is 11.3 Å². The largest absolute Gasteiger partial charge is 0.341 e. The smallest absolute Gasteiger partial charge is 0.110 e. The average Bonchev–Trinajstić information content (AvgIpc) is 2.89. The lowest BCUT2D eigenvalue weighted by Crippen LogP contribution is -2.12. The minimum absolute atomic E-state index is 0.342. The van der Waals surface area contributed by atoms with Gasteiger partial charge < -0.3 is 10.7 Å². The highest BCUT2D eigenvalue weighted by Crippen LogP contribution is 2.27. The summed E-state index contributed by atoms with van der Waals surface area (Å²) in [7, 11) is 0. The molecule has 2 rings (SSSR count). The van der Waals surface area contributed by atoms with Crippen LogP contribution in [-0.2, 0) is 0 Å². The quantitative estimate of drug-likeness (QED) is 0.856. The molecule has 0 saturated heterocycles. The Labute approximate surface area is 99.7 Å². The summed E-state index contributed by atoms with van der Waals surface area (Å²) >= 11 is 1.78. The van der Waals surface area contributed by atoms with Crippen LogP contribution in [-0.4, -0.2) is 16.5 Å². The van der Waals surface area contributed by atoms with Crippen molar-refractivity contribution in [2.45, 2.75) is 26.2 Å². The molecule has 0 spiro atoms. The Morgan fingerprint density at radius 3 is 2.88 bits per heavy atom. The zero-order valence-electron chi connectivity index (χ0n) is 9.66. The molecule has 0 amide bonds. The number of aromatic nitrogens is 2. The van der Waals surface area contributed by atoms with Gasteiger partial charge in [0.05, 0.1) is 16.8 Å². The van der Waals surface area contributed by atoms with Crippen LogP contribution in [0.25, 0.3) is 10.6 Å². The number of imidazole rings is 1. The Balaban J connectivity index is 2.25. The van der Waals surface area contributed by atoms with Gasteiger partial charge in [0.15, 0.2) is 0 Å². The predicted octanol–water partition coefficient (Wildman–Crippen LogP) is 2.90. The van der Waals surface area contributed by atoms with Gasteiger partial charge in [0.2, 0.25) is 0 Å². The van der Waals surface area contributed by atoms with Gasteiger partial charge in [0.1, 0.15) is 5.82 Å². The standard InChI is InChI=1S/C12H17N3S/c1-3-9(6-13)12-14-7-10(15-12)11-5-4-8(2)16-11/h4-5,7,9H,3,6,13H2,1-2H3,(H,14,15). The van der Waals surface area contributed by atoms with E-state index in [-0.39, 0.29) is 0 Å². The van der Waals surface area contributed by atoms with Gasteiger partial charge >= 0.3 is 0 Å². The van der Waals surface area contributed by atoms with Crippen LogP contribution in [0.4, 0.5) is 0 Å². The third kappa shape index (κ3) is 2.18. The van der Waals surface area contributed by atoms with Crippen LogP contribution >= 0.6 is 11.3 Å². The van der Waals surface area contributed by atoms with Crippen LogP contribution in [0.15, 0.2) is 18.3 Å². The van der Waals surface area contributed by atoms with Crippen molar-refractivity contribution in [3.05, 3.63) is 29.0 Å². The summed E-state index contributed by atoms with van der Waals surface area (Å²) in [5.41, 5.74) is 6.81. The Morgan fingerprint density at radius 2 is 2.31 bits per heavy atom. The molecule has 16 heavy (non-hydrogen) atoms. The second-order valence-electron chi connectivity index (χ2n) is 3.93. The molecular weight excluding hydrogens is 218 g/mol. The third-order valence-electron chi connectivity index (χ3n) is 2.77. The summed E-state index contributed by atoms with van der Waals surface area (Å²) < 4.78 is 0. The lowest BCUT2D eigenvalue weighted by Gasteiger charge is -2.07. The van der Waals surface area contributed by atoms with Gasteiger partial charge in [0, 0.05) is 17.3 Å². The fraction of sp³-hybridized carbons (Fsp3) is 0.417. The molecule has 0 fully saturated rings. The van der Waals surface area contributed by atoms with Gasteiger partial charge in [-0.3, -0.25) is 0 Å². The molecule has 1 atom stereocenters. The maximum Gasteiger partial charge on any atom is 0.110 e. The molecule has 0 saturated carbocycles. The first-order chi connectivity index (χ1) is 7.74. The van der Waals surface area contributed by atoms with Crippen LogP contribution in [0.5, 0.6) is 0 Å². The molecule has 1 unspecified atom stereocenters. The fourth-order valence-corrected chi connectivity index (χ4v) is 2.55. The molecular formula is C12H17N3S. The van der Waals surface area contributed by atoms with Gasteiger partial charge in [-0.2, -0.15) is 0 Å². The molecule has 86 valence electrons. The summed E-state index contributed by atoms with van der Waals surface area (Å²) in [6, 6.07) is 4.25. The third-order valence-corrected chi connectivity index (χ3v) is 3.80. The van der Waals surface area contributed by atoms with Crippen LogP contribution in [0, 0.1) is 6.92 Å². The fourth-order valence-electron chi connectivity index (χ4n) is 1.72. The molecule has 0 aliphatic carbocycles. The summed E-state index contributed by atoms with van der Waals surface area (Å²) in [5.74, 6) is 1.35. The maximum absolute atomic E-state index is 5.71. The number of thiophene rings is 1. The van der Waals surface area contributed by atoms with E-state index in [1.165, 1.54) is 9.75 Å². The normalized spacial score (nSPS) is 12.9. The summed E-state index contributed by atoms with van der Waals surface area (Å²) in [4.78, 5) is 10.3. The van der Waals surface area contributed by atoms with Gasteiger partial charge in [-0.1, -0.05) is 6.92 Å². The number of nitrogens with zero attached hydrogens (tertiary/aromatic N) is 1. The van der Waals surface area contributed by atoms with Crippen molar-refractivity contribution in [1.29, 1.82) is 0 Å². The molecule has 0 radical (unpaired) electrons. The highest BCUT2D eigenvalue weighted by molar-refractivity contribution is 7.15. The van der Waals surface area contributed by atoms with Crippen molar-refractivity contribution in [2.75, 3.05) is 6.54 Å². The number of aromatic amines is 1. The summed E-state index contributed by atoms with van der Waals surface area (Å²) in [6.07, 6.45) is 2.92. The first kappa shape index (κ1) is 11.4. The second kappa shape index (κ2) is 4.80. The Bertz CT molecular complexity index is 454. The van der Waals surface area contributed by atoms with E-state index in [0.717, 1.165) is 17.9 Å². The molecule has 4 heteroatoms. The number of H-pyrrole nitrogens is 1. The van der Waals surface area contributed by atoms with Crippen LogP contribution < -0.4 is 5.73 Å². The van der Waals surface area contributed by atoms with Crippen LogP contribution in [0.3, 0.4) is 0 Å². The molecule has 0 bridgehead atoms. The zero-order chi connectivity index (χ0) is 11.5. The molecule has 3 nitrogen and oxygen atoms in total. The first-order valence-corrected chi connectivity index (χ1v) is 6.38. The van der Waals surface area contributed by atoms with E-state index in [1.54, 1.807) is 11.3 Å². The number of nitrogens with two attached hydrogens (primary N) is 1. The van der Waals surface area contributed by atoms with Crippen molar-refractivity contribution >= 4 is 11.3 Å². The van der Waals surface area contributed by atoms with Gasteiger partial charge in [-0.05, 0) is 25.5 Å². The predicted molar refractivity (Wildman–Crippen MR) is 68.7 cm³/mol. The maximum atomic E-state index is 5.71. The van der Waals surface area contributed by atoms with E-state index >= 15 is 0 Å². The summed E-state index contributed by atoms with van der Waals surface area (Å²) in [5, 5.41) is 0. The number of hydrogen-bond donors (Lipinski definition) is 2. The lowest BCUT2D eigenvalue weighted by molar-refractivity contribution is 0.639. The van der Waals surface area contributed by atoms with E-state index < -0.39 is 0 Å². The average molecular weight is 235 g/mol. The number of rotatable bonds is 4. The Kier molecular flexibility index (Phi) is 3.41. The van der Waals surface area contributed by atoms with Crippen molar-refractivity contribution in [2.24, 2.45) is 5.73 Å². The lowest BCUT2D eigenvalue weighted by atomic mass is 10.1. The number of hydrogen-bond acceptors (Lipinski definition) is 3. The van der Waals surface area contributed by atoms with Crippen molar-refractivity contribution in [3.8, 4) is 10.6 Å².